The molecule has 7 heteroatoms. The average molecular weight is 322 g/mol. The molecule has 0 spiro atoms. The van der Waals surface area contributed by atoms with E-state index < -0.39 is 0 Å². The fraction of sp³-hybridized carbons (Fsp3) is 0.667. The smallest absolute Gasteiger partial charge is 0.317 e. The Hall–Kier alpha value is -1.63. The second kappa shape index (κ2) is 6.64. The Kier molecular flexibility index (Phi) is 4.61. The molecule has 0 saturated carbocycles. The van der Waals surface area contributed by atoms with Crippen LogP contribution in [0, 0.1) is 6.92 Å². The van der Waals surface area contributed by atoms with Gasteiger partial charge in [-0.1, -0.05) is 0 Å². The zero-order valence-electron chi connectivity index (χ0n) is 12.9. The monoisotopic (exact) mass is 322 g/mol. The number of aryl methyl sites for hydroxylation is 1. The molecule has 0 aromatic carbocycles. The van der Waals surface area contributed by atoms with E-state index in [1.807, 2.05) is 11.8 Å². The minimum atomic E-state index is -0.122. The van der Waals surface area contributed by atoms with Gasteiger partial charge in [-0.2, -0.15) is 0 Å². The fourth-order valence-electron chi connectivity index (χ4n) is 3.06. The predicted octanol–water partition coefficient (Wildman–Crippen LogP) is 1.57. The average Bonchev–Trinajstić information content (AvgIpc) is 2.96. The van der Waals surface area contributed by atoms with Crippen molar-refractivity contribution in [3.05, 3.63) is 16.1 Å². The van der Waals surface area contributed by atoms with Crippen molar-refractivity contribution in [3.63, 3.8) is 0 Å². The van der Waals surface area contributed by atoms with Crippen LogP contribution in [-0.2, 0) is 4.79 Å². The normalized spacial score (nSPS) is 22.6. The number of aromatic nitrogens is 1. The molecule has 2 fully saturated rings. The maximum Gasteiger partial charge on any atom is 0.317 e. The Labute approximate surface area is 134 Å². The van der Waals surface area contributed by atoms with Gasteiger partial charge in [0.1, 0.15) is 6.54 Å². The lowest BCUT2D eigenvalue weighted by molar-refractivity contribution is -0.133. The maximum absolute atomic E-state index is 12.5. The molecule has 6 nitrogen and oxygen atoms in total. The number of carbonyl (C=O) groups is 2. The molecule has 1 aromatic heterocycles. The van der Waals surface area contributed by atoms with Crippen molar-refractivity contribution in [2.75, 3.05) is 32.7 Å². The summed E-state index contributed by atoms with van der Waals surface area (Å²) in [5.74, 6) is 0.390. The zero-order valence-corrected chi connectivity index (χ0v) is 13.7. The molecule has 3 heterocycles. The summed E-state index contributed by atoms with van der Waals surface area (Å²) in [7, 11) is 0. The lowest BCUT2D eigenvalue weighted by Crippen LogP contribution is -2.51. The van der Waals surface area contributed by atoms with E-state index >= 15 is 0 Å². The van der Waals surface area contributed by atoms with Crippen LogP contribution in [0.25, 0.3) is 0 Å². The molecule has 1 N–H and O–H groups in total. The molecule has 0 bridgehead atoms. The third-order valence-electron chi connectivity index (χ3n) is 4.25. The molecule has 2 aliphatic heterocycles. The highest BCUT2D eigenvalue weighted by molar-refractivity contribution is 7.09. The molecule has 1 unspecified atom stereocenters. The highest BCUT2D eigenvalue weighted by Crippen LogP contribution is 2.29. The molecular formula is C15H22N4O2S. The Morgan fingerprint density at radius 3 is 3.05 bits per heavy atom. The maximum atomic E-state index is 12.5. The van der Waals surface area contributed by atoms with Gasteiger partial charge >= 0.3 is 6.03 Å². The Bertz CT molecular complexity index is 559. The first kappa shape index (κ1) is 15.3. The summed E-state index contributed by atoms with van der Waals surface area (Å²) in [6, 6.07) is -0.122. The van der Waals surface area contributed by atoms with Crippen molar-refractivity contribution in [2.24, 2.45) is 0 Å². The van der Waals surface area contributed by atoms with Crippen molar-refractivity contribution < 1.29 is 9.59 Å². The van der Waals surface area contributed by atoms with E-state index in [0.29, 0.717) is 19.0 Å². The van der Waals surface area contributed by atoms with Crippen molar-refractivity contribution >= 4 is 23.3 Å². The van der Waals surface area contributed by atoms with Gasteiger partial charge in [0.25, 0.3) is 0 Å². The van der Waals surface area contributed by atoms with Crippen LogP contribution >= 0.6 is 11.3 Å². The summed E-state index contributed by atoms with van der Waals surface area (Å²) in [5, 5.41) is 5.98. The first-order valence-corrected chi connectivity index (χ1v) is 8.74. The molecule has 3 rings (SSSR count). The van der Waals surface area contributed by atoms with Crippen LogP contribution in [0.5, 0.6) is 0 Å². The van der Waals surface area contributed by atoms with E-state index in [4.69, 9.17) is 0 Å². The molecule has 22 heavy (non-hydrogen) atoms. The van der Waals surface area contributed by atoms with Crippen LogP contribution in [-0.4, -0.2) is 59.4 Å². The summed E-state index contributed by atoms with van der Waals surface area (Å²) in [6.45, 7) is 5.08. The topological polar surface area (TPSA) is 65.5 Å². The Balaban J connectivity index is 1.59. The number of amides is 3. The van der Waals surface area contributed by atoms with Gasteiger partial charge in [-0.15, -0.1) is 11.3 Å². The van der Waals surface area contributed by atoms with Gasteiger partial charge in [-0.25, -0.2) is 9.78 Å². The Morgan fingerprint density at radius 1 is 1.45 bits per heavy atom. The molecule has 0 radical (unpaired) electrons. The molecule has 1 atom stereocenters. The van der Waals surface area contributed by atoms with Gasteiger partial charge in [-0.3, -0.25) is 4.79 Å². The third-order valence-corrected chi connectivity index (χ3v) is 5.38. The van der Waals surface area contributed by atoms with Crippen molar-refractivity contribution in [1.82, 2.24) is 20.1 Å². The number of carbonyl (C=O) groups excluding carboxylic acids is 2. The Morgan fingerprint density at radius 2 is 2.32 bits per heavy atom. The molecule has 1 aromatic rings. The standard InChI is InChI=1S/C15H22N4O2S/c1-11-10-22-14(17-11)12-4-2-6-18(8-12)13(20)9-19-7-3-5-16-15(19)21/h10,12H,2-9H2,1H3,(H,16,21). The van der Waals surface area contributed by atoms with E-state index in [0.717, 1.165) is 43.1 Å². The number of thiazole rings is 1. The highest BCUT2D eigenvalue weighted by Gasteiger charge is 2.28. The molecule has 2 aliphatic rings. The molecule has 120 valence electrons. The van der Waals surface area contributed by atoms with Gasteiger partial charge in [0, 0.05) is 43.2 Å². The van der Waals surface area contributed by atoms with E-state index in [2.05, 4.69) is 15.7 Å². The van der Waals surface area contributed by atoms with Crippen LogP contribution in [0.4, 0.5) is 4.79 Å². The van der Waals surface area contributed by atoms with Gasteiger partial charge < -0.3 is 15.1 Å². The molecular weight excluding hydrogens is 300 g/mol. The van der Waals surface area contributed by atoms with Crippen LogP contribution < -0.4 is 5.32 Å². The van der Waals surface area contributed by atoms with E-state index in [1.54, 1.807) is 16.2 Å². The number of likely N-dealkylation sites (tertiary alicyclic amines) is 1. The summed E-state index contributed by atoms with van der Waals surface area (Å²) in [5.41, 5.74) is 1.05. The molecule has 0 aliphatic carbocycles. The summed E-state index contributed by atoms with van der Waals surface area (Å²) in [4.78, 5) is 32.3. The first-order valence-electron chi connectivity index (χ1n) is 7.86. The minimum Gasteiger partial charge on any atom is -0.340 e. The van der Waals surface area contributed by atoms with Crippen LogP contribution in [0.2, 0.25) is 0 Å². The molecule has 3 amide bonds. The number of piperidine rings is 1. The largest absolute Gasteiger partial charge is 0.340 e. The van der Waals surface area contributed by atoms with Crippen molar-refractivity contribution in [2.45, 2.75) is 32.1 Å². The SMILES string of the molecule is Cc1csc(C2CCCN(C(=O)CN3CCCNC3=O)C2)n1. The predicted molar refractivity (Wildman–Crippen MR) is 85.0 cm³/mol. The lowest BCUT2D eigenvalue weighted by atomic mass is 9.98. The van der Waals surface area contributed by atoms with Crippen LogP contribution in [0.3, 0.4) is 0 Å². The van der Waals surface area contributed by atoms with Crippen LogP contribution in [0.15, 0.2) is 5.38 Å². The van der Waals surface area contributed by atoms with Gasteiger partial charge in [0.15, 0.2) is 0 Å². The lowest BCUT2D eigenvalue weighted by Gasteiger charge is -2.34. The molecule has 2 saturated heterocycles. The number of rotatable bonds is 3. The van der Waals surface area contributed by atoms with Gasteiger partial charge in [0.2, 0.25) is 5.91 Å². The number of nitrogens with zero attached hydrogens (tertiary/aromatic N) is 3. The first-order chi connectivity index (χ1) is 10.6. The second-order valence-corrected chi connectivity index (χ2v) is 6.90. The van der Waals surface area contributed by atoms with Crippen LogP contribution in [0.1, 0.15) is 35.9 Å². The van der Waals surface area contributed by atoms with Crippen molar-refractivity contribution in [1.29, 1.82) is 0 Å². The number of hydrogen-bond acceptors (Lipinski definition) is 4. The number of hydrogen-bond donors (Lipinski definition) is 1. The van der Waals surface area contributed by atoms with Gasteiger partial charge in [-0.05, 0) is 26.2 Å². The number of urea groups is 1. The third kappa shape index (κ3) is 3.40. The fourth-order valence-corrected chi connectivity index (χ4v) is 3.98. The second-order valence-electron chi connectivity index (χ2n) is 6.01. The quantitative estimate of drug-likeness (QED) is 0.919. The summed E-state index contributed by atoms with van der Waals surface area (Å²) in [6.07, 6.45) is 2.99. The van der Waals surface area contributed by atoms with E-state index in [1.165, 1.54) is 0 Å². The summed E-state index contributed by atoms with van der Waals surface area (Å²) < 4.78 is 0. The minimum absolute atomic E-state index is 0.0510. The van der Waals surface area contributed by atoms with Crippen molar-refractivity contribution in [3.8, 4) is 0 Å². The number of nitrogens with one attached hydrogen (secondary N) is 1. The van der Waals surface area contributed by atoms with E-state index in [-0.39, 0.29) is 18.5 Å². The zero-order chi connectivity index (χ0) is 15.5. The van der Waals surface area contributed by atoms with Gasteiger partial charge in [0.05, 0.1) is 5.01 Å². The van der Waals surface area contributed by atoms with E-state index in [9.17, 15) is 9.59 Å². The highest BCUT2D eigenvalue weighted by atomic mass is 32.1. The summed E-state index contributed by atoms with van der Waals surface area (Å²) >= 11 is 1.68.